The van der Waals surface area contributed by atoms with Crippen molar-refractivity contribution in [1.82, 2.24) is 15.5 Å². The van der Waals surface area contributed by atoms with E-state index in [1.807, 2.05) is 0 Å². The number of nitrogens with one attached hydrogen (secondary N) is 2. The van der Waals surface area contributed by atoms with Gasteiger partial charge < -0.3 is 20.4 Å². The molecule has 0 bridgehead atoms. The number of carbonyl (C=O) groups is 1. The zero-order valence-corrected chi connectivity index (χ0v) is 18.9. The number of nitrogens with zero attached hydrogens (tertiary/aromatic N) is 3. The number of carbonyl (C=O) groups excluding carboxylic acids is 1. The maximum atomic E-state index is 11.8. The Kier molecular flexibility index (Phi) is 10.2. The lowest BCUT2D eigenvalue weighted by Gasteiger charge is -2.22. The van der Waals surface area contributed by atoms with E-state index >= 15 is 0 Å². The third-order valence-electron chi connectivity index (χ3n) is 4.48. The van der Waals surface area contributed by atoms with Crippen LogP contribution in [0.2, 0.25) is 0 Å². The highest BCUT2D eigenvalue weighted by Crippen LogP contribution is 2.23. The van der Waals surface area contributed by atoms with Crippen molar-refractivity contribution in [3.63, 3.8) is 0 Å². The molecule has 2 rings (SSSR count). The molecule has 6 nitrogen and oxygen atoms in total. The highest BCUT2D eigenvalue weighted by atomic mass is 127. The molecule has 1 aromatic carbocycles. The molecule has 1 atom stereocenters. The molecule has 150 valence electrons. The minimum Gasteiger partial charge on any atom is -0.372 e. The molecule has 1 unspecified atom stereocenters. The van der Waals surface area contributed by atoms with Crippen molar-refractivity contribution in [2.24, 2.45) is 4.99 Å². The van der Waals surface area contributed by atoms with Gasteiger partial charge in [0, 0.05) is 39.4 Å². The lowest BCUT2D eigenvalue weighted by molar-refractivity contribution is -0.127. The zero-order valence-electron chi connectivity index (χ0n) is 16.6. The van der Waals surface area contributed by atoms with Crippen LogP contribution in [-0.2, 0) is 4.79 Å². The van der Waals surface area contributed by atoms with Crippen LogP contribution in [-0.4, -0.2) is 57.0 Å². The van der Waals surface area contributed by atoms with Gasteiger partial charge in [-0.1, -0.05) is 18.2 Å². The predicted molar refractivity (Wildman–Crippen MR) is 124 cm³/mol. The minimum absolute atomic E-state index is 0. The van der Waals surface area contributed by atoms with Crippen molar-refractivity contribution in [2.75, 3.05) is 45.2 Å². The lowest BCUT2D eigenvalue weighted by atomic mass is 10.1. The molecule has 1 aliphatic heterocycles. The molecule has 7 heteroatoms. The van der Waals surface area contributed by atoms with Crippen LogP contribution in [0.15, 0.2) is 41.9 Å². The number of amides is 1. The van der Waals surface area contributed by atoms with Crippen molar-refractivity contribution in [1.29, 1.82) is 0 Å². The first kappa shape index (κ1) is 23.3. The van der Waals surface area contributed by atoms with Gasteiger partial charge in [0.25, 0.3) is 0 Å². The molecule has 1 aliphatic rings. The number of hydrogen-bond acceptors (Lipinski definition) is 3. The van der Waals surface area contributed by atoms with Crippen LogP contribution in [0.3, 0.4) is 0 Å². The zero-order chi connectivity index (χ0) is 18.9. The second-order valence-corrected chi connectivity index (χ2v) is 6.78. The number of halogens is 1. The SMILES string of the molecule is C=CCNC(=NCC(=O)N(C)C)NC(C)c1cccc(N2CCCC2)c1.I. The second kappa shape index (κ2) is 11.8. The Morgan fingerprint density at radius 1 is 1.37 bits per heavy atom. The number of benzene rings is 1. The van der Waals surface area contributed by atoms with Gasteiger partial charge in [-0.15, -0.1) is 30.6 Å². The Hall–Kier alpha value is -1.77. The molecule has 27 heavy (non-hydrogen) atoms. The van der Waals surface area contributed by atoms with E-state index in [4.69, 9.17) is 0 Å². The Morgan fingerprint density at radius 2 is 2.07 bits per heavy atom. The van der Waals surface area contributed by atoms with E-state index in [1.165, 1.54) is 29.0 Å². The Bertz CT molecular complexity index is 641. The molecule has 1 saturated heterocycles. The molecule has 0 saturated carbocycles. The maximum absolute atomic E-state index is 11.8. The van der Waals surface area contributed by atoms with Crippen LogP contribution in [0, 0.1) is 0 Å². The lowest BCUT2D eigenvalue weighted by Crippen LogP contribution is -2.40. The van der Waals surface area contributed by atoms with E-state index in [1.54, 1.807) is 20.2 Å². The Labute approximate surface area is 180 Å². The second-order valence-electron chi connectivity index (χ2n) is 6.78. The topological polar surface area (TPSA) is 60.0 Å². The fourth-order valence-corrected chi connectivity index (χ4v) is 2.86. The Morgan fingerprint density at radius 3 is 2.70 bits per heavy atom. The van der Waals surface area contributed by atoms with Crippen LogP contribution >= 0.6 is 24.0 Å². The number of anilines is 1. The maximum Gasteiger partial charge on any atom is 0.243 e. The fourth-order valence-electron chi connectivity index (χ4n) is 2.86. The number of likely N-dealkylation sites (N-methyl/N-ethyl adjacent to an activating group) is 1. The van der Waals surface area contributed by atoms with Crippen LogP contribution in [0.4, 0.5) is 5.69 Å². The monoisotopic (exact) mass is 485 g/mol. The van der Waals surface area contributed by atoms with E-state index in [0.29, 0.717) is 12.5 Å². The molecule has 0 aromatic heterocycles. The average molecular weight is 485 g/mol. The summed E-state index contributed by atoms with van der Waals surface area (Å²) in [5, 5.41) is 6.56. The third-order valence-corrected chi connectivity index (χ3v) is 4.48. The van der Waals surface area contributed by atoms with Crippen LogP contribution in [0.5, 0.6) is 0 Å². The minimum atomic E-state index is -0.0339. The summed E-state index contributed by atoms with van der Waals surface area (Å²) in [4.78, 5) is 20.2. The van der Waals surface area contributed by atoms with Crippen LogP contribution in [0.1, 0.15) is 31.4 Å². The normalized spacial score (nSPS) is 14.9. The summed E-state index contributed by atoms with van der Waals surface area (Å²) in [6, 6.07) is 8.70. The summed E-state index contributed by atoms with van der Waals surface area (Å²) >= 11 is 0. The van der Waals surface area contributed by atoms with E-state index in [2.05, 4.69) is 58.3 Å². The third kappa shape index (κ3) is 7.40. The van der Waals surface area contributed by atoms with Gasteiger partial charge in [-0.25, -0.2) is 4.99 Å². The predicted octanol–water partition coefficient (Wildman–Crippen LogP) is 2.78. The summed E-state index contributed by atoms with van der Waals surface area (Å²) in [5.74, 6) is 0.576. The van der Waals surface area contributed by atoms with Crippen molar-refractivity contribution in [2.45, 2.75) is 25.8 Å². The van der Waals surface area contributed by atoms with Gasteiger partial charge in [0.2, 0.25) is 5.91 Å². The molecule has 1 aromatic rings. The highest BCUT2D eigenvalue weighted by Gasteiger charge is 2.14. The quantitative estimate of drug-likeness (QED) is 0.270. The average Bonchev–Trinajstić information content (AvgIpc) is 3.18. The van der Waals surface area contributed by atoms with Crippen molar-refractivity contribution < 1.29 is 4.79 Å². The van der Waals surface area contributed by atoms with Gasteiger partial charge in [0.05, 0.1) is 6.04 Å². The standard InChI is InChI=1S/C20H31N5O.HI/c1-5-11-21-20(22-15-19(26)24(3)4)23-16(2)17-9-8-10-18(14-17)25-12-6-7-13-25;/h5,8-10,14,16H,1,6-7,11-13,15H2,2-4H3,(H2,21,22,23);1H. The van der Waals surface area contributed by atoms with E-state index in [0.717, 1.165) is 13.1 Å². The van der Waals surface area contributed by atoms with Crippen molar-refractivity contribution in [3.05, 3.63) is 42.5 Å². The molecular weight excluding hydrogens is 453 g/mol. The van der Waals surface area contributed by atoms with Gasteiger partial charge in [-0.3, -0.25) is 4.79 Å². The molecule has 1 fully saturated rings. The van der Waals surface area contributed by atoms with Gasteiger partial charge in [0.1, 0.15) is 6.54 Å². The molecular formula is C20H32IN5O. The first-order valence-corrected chi connectivity index (χ1v) is 9.22. The van der Waals surface area contributed by atoms with Crippen molar-refractivity contribution in [3.8, 4) is 0 Å². The number of aliphatic imine (C=N–C) groups is 1. The summed E-state index contributed by atoms with van der Waals surface area (Å²) in [6.07, 6.45) is 4.30. The molecule has 1 heterocycles. The molecule has 1 amide bonds. The smallest absolute Gasteiger partial charge is 0.243 e. The van der Waals surface area contributed by atoms with Gasteiger partial charge >= 0.3 is 0 Å². The summed E-state index contributed by atoms with van der Waals surface area (Å²) < 4.78 is 0. The summed E-state index contributed by atoms with van der Waals surface area (Å²) in [5.41, 5.74) is 2.47. The van der Waals surface area contributed by atoms with Crippen molar-refractivity contribution >= 4 is 41.5 Å². The summed E-state index contributed by atoms with van der Waals surface area (Å²) in [7, 11) is 3.46. The van der Waals surface area contributed by atoms with E-state index < -0.39 is 0 Å². The first-order chi connectivity index (χ1) is 12.5. The fraction of sp³-hybridized carbons (Fsp3) is 0.500. The number of hydrogen-bond donors (Lipinski definition) is 2. The molecule has 0 spiro atoms. The molecule has 0 aliphatic carbocycles. The molecule has 2 N–H and O–H groups in total. The van der Waals surface area contributed by atoms with Gasteiger partial charge in [0.15, 0.2) is 5.96 Å². The van der Waals surface area contributed by atoms with Gasteiger partial charge in [-0.05, 0) is 37.5 Å². The van der Waals surface area contributed by atoms with Crippen LogP contribution in [0.25, 0.3) is 0 Å². The Balaban J connectivity index is 0.00000364. The van der Waals surface area contributed by atoms with E-state index in [-0.39, 0.29) is 42.5 Å². The molecule has 0 radical (unpaired) electrons. The highest BCUT2D eigenvalue weighted by molar-refractivity contribution is 14.0. The summed E-state index contributed by atoms with van der Waals surface area (Å²) in [6.45, 7) is 8.78. The number of rotatable bonds is 7. The number of guanidine groups is 1. The largest absolute Gasteiger partial charge is 0.372 e. The first-order valence-electron chi connectivity index (χ1n) is 9.22. The van der Waals surface area contributed by atoms with Crippen LogP contribution < -0.4 is 15.5 Å². The van der Waals surface area contributed by atoms with E-state index in [9.17, 15) is 4.79 Å². The van der Waals surface area contributed by atoms with Gasteiger partial charge in [-0.2, -0.15) is 0 Å².